The van der Waals surface area contributed by atoms with Crippen LogP contribution in [0.4, 0.5) is 0 Å². The van der Waals surface area contributed by atoms with Crippen molar-refractivity contribution in [1.82, 2.24) is 0 Å². The lowest BCUT2D eigenvalue weighted by atomic mass is 10.2. The quantitative estimate of drug-likeness (QED) is 0.705. The molecule has 0 aliphatic heterocycles. The summed E-state index contributed by atoms with van der Waals surface area (Å²) in [6, 6.07) is 5.64. The fraction of sp³-hybridized carbons (Fsp3) is 0.250. The summed E-state index contributed by atoms with van der Waals surface area (Å²) in [5.41, 5.74) is 1.06. The number of halogens is 2. The van der Waals surface area contributed by atoms with Gasteiger partial charge in [-0.15, -0.1) is 0 Å². The lowest BCUT2D eigenvalue weighted by Gasteiger charge is -2.02. The van der Waals surface area contributed by atoms with Crippen molar-refractivity contribution in [2.45, 2.75) is 6.42 Å². The molecule has 0 N–H and O–H groups in total. The number of thiol groups is 1. The van der Waals surface area contributed by atoms with Gasteiger partial charge in [0.25, 0.3) is 0 Å². The highest BCUT2D eigenvalue weighted by molar-refractivity contribution is 7.80. The molecule has 0 bridgehead atoms. The molecule has 0 fully saturated rings. The summed E-state index contributed by atoms with van der Waals surface area (Å²) < 4.78 is 0. The van der Waals surface area contributed by atoms with Crippen molar-refractivity contribution in [1.29, 1.82) is 0 Å². The van der Waals surface area contributed by atoms with Crippen LogP contribution in [0.15, 0.2) is 18.2 Å². The topological polar surface area (TPSA) is 0 Å². The Kier molecular flexibility index (Phi) is 3.57. The molecule has 0 radical (unpaired) electrons. The van der Waals surface area contributed by atoms with Gasteiger partial charge in [0.15, 0.2) is 0 Å². The zero-order valence-electron chi connectivity index (χ0n) is 5.85. The molecular formula is C8H8Cl2S. The Bertz CT molecular complexity index is 248. The highest BCUT2D eigenvalue weighted by Gasteiger charge is 2.01. The number of rotatable bonds is 2. The Balaban J connectivity index is 2.96. The summed E-state index contributed by atoms with van der Waals surface area (Å²) in [6.07, 6.45) is 0.864. The molecule has 0 unspecified atom stereocenters. The lowest BCUT2D eigenvalue weighted by Crippen LogP contribution is -1.87. The first-order chi connectivity index (χ1) is 5.25. The van der Waals surface area contributed by atoms with E-state index in [1.165, 1.54) is 0 Å². The molecule has 1 aromatic rings. The molecule has 0 spiro atoms. The van der Waals surface area contributed by atoms with Crippen molar-refractivity contribution in [3.8, 4) is 0 Å². The van der Waals surface area contributed by atoms with Crippen LogP contribution in [0.3, 0.4) is 0 Å². The minimum atomic E-state index is 0.617. The maximum atomic E-state index is 5.91. The second-order valence-electron chi connectivity index (χ2n) is 2.19. The predicted octanol–water partition coefficient (Wildman–Crippen LogP) is 3.47. The summed E-state index contributed by atoms with van der Waals surface area (Å²) in [4.78, 5) is 0. The van der Waals surface area contributed by atoms with Gasteiger partial charge in [0.1, 0.15) is 0 Å². The van der Waals surface area contributed by atoms with E-state index < -0.39 is 0 Å². The normalized spacial score (nSPS) is 10.1. The van der Waals surface area contributed by atoms with Crippen molar-refractivity contribution in [3.63, 3.8) is 0 Å². The molecule has 0 saturated carbocycles. The number of aryl methyl sites for hydroxylation is 1. The zero-order valence-corrected chi connectivity index (χ0v) is 8.26. The molecule has 0 aliphatic carbocycles. The van der Waals surface area contributed by atoms with Crippen LogP contribution in [0.1, 0.15) is 5.56 Å². The summed E-state index contributed by atoms with van der Waals surface area (Å²) >= 11 is 15.8. The molecule has 0 atom stereocenters. The van der Waals surface area contributed by atoms with E-state index in [0.717, 1.165) is 17.7 Å². The average molecular weight is 207 g/mol. The van der Waals surface area contributed by atoms with Gasteiger partial charge < -0.3 is 0 Å². The van der Waals surface area contributed by atoms with Crippen molar-refractivity contribution in [2.75, 3.05) is 5.75 Å². The van der Waals surface area contributed by atoms with Gasteiger partial charge in [0.2, 0.25) is 0 Å². The molecule has 0 saturated heterocycles. The largest absolute Gasteiger partial charge is 0.179 e. The van der Waals surface area contributed by atoms with Crippen molar-refractivity contribution >= 4 is 35.8 Å². The molecule has 11 heavy (non-hydrogen) atoms. The first kappa shape index (κ1) is 9.24. The van der Waals surface area contributed by atoms with Crippen LogP contribution in [0.5, 0.6) is 0 Å². The van der Waals surface area contributed by atoms with Crippen LogP contribution in [0.25, 0.3) is 0 Å². The van der Waals surface area contributed by atoms with E-state index in [1.807, 2.05) is 12.1 Å². The third-order valence-electron chi connectivity index (χ3n) is 1.41. The number of hydrogen-bond acceptors (Lipinski definition) is 1. The van der Waals surface area contributed by atoms with E-state index in [0.29, 0.717) is 10.0 Å². The Labute approximate surface area is 81.9 Å². The Hall–Kier alpha value is 0.150. The standard InChI is InChI=1S/C8H8Cl2S/c9-7-3-1-2-6(4-5-11)8(7)10/h1-3,11H,4-5H2. The van der Waals surface area contributed by atoms with Crippen molar-refractivity contribution in [3.05, 3.63) is 33.8 Å². The van der Waals surface area contributed by atoms with Crippen LogP contribution < -0.4 is 0 Å². The monoisotopic (exact) mass is 206 g/mol. The first-order valence-electron chi connectivity index (χ1n) is 3.29. The third-order valence-corrected chi connectivity index (χ3v) is 2.49. The van der Waals surface area contributed by atoms with Gasteiger partial charge in [-0.05, 0) is 23.8 Å². The van der Waals surface area contributed by atoms with E-state index >= 15 is 0 Å². The average Bonchev–Trinajstić information content (AvgIpc) is 1.99. The second-order valence-corrected chi connectivity index (χ2v) is 3.42. The summed E-state index contributed by atoms with van der Waals surface area (Å²) in [7, 11) is 0. The van der Waals surface area contributed by atoms with Gasteiger partial charge in [-0.3, -0.25) is 0 Å². The second kappa shape index (κ2) is 4.24. The maximum Gasteiger partial charge on any atom is 0.0624 e. The van der Waals surface area contributed by atoms with Crippen LogP contribution in [0, 0.1) is 0 Å². The summed E-state index contributed by atoms with van der Waals surface area (Å²) in [5.74, 6) is 0.792. The molecule has 0 amide bonds. The minimum absolute atomic E-state index is 0.617. The molecule has 0 aliphatic rings. The van der Waals surface area contributed by atoms with Gasteiger partial charge in [-0.25, -0.2) is 0 Å². The molecule has 0 aromatic heterocycles. The Morgan fingerprint density at radius 3 is 2.64 bits per heavy atom. The third kappa shape index (κ3) is 2.29. The Morgan fingerprint density at radius 1 is 1.27 bits per heavy atom. The Morgan fingerprint density at radius 2 is 2.00 bits per heavy atom. The van der Waals surface area contributed by atoms with Crippen LogP contribution in [-0.2, 0) is 6.42 Å². The fourth-order valence-electron chi connectivity index (χ4n) is 0.862. The summed E-state index contributed by atoms with van der Waals surface area (Å²) in [6.45, 7) is 0. The van der Waals surface area contributed by atoms with Gasteiger partial charge in [-0.2, -0.15) is 12.6 Å². The van der Waals surface area contributed by atoms with Crippen LogP contribution >= 0.6 is 35.8 Å². The molecular weight excluding hydrogens is 199 g/mol. The SMILES string of the molecule is SCCc1cccc(Cl)c1Cl. The number of hydrogen-bond donors (Lipinski definition) is 1. The molecule has 60 valence electrons. The van der Waals surface area contributed by atoms with Crippen molar-refractivity contribution in [2.24, 2.45) is 0 Å². The van der Waals surface area contributed by atoms with E-state index in [1.54, 1.807) is 6.07 Å². The smallest absolute Gasteiger partial charge is 0.0624 e. The van der Waals surface area contributed by atoms with Crippen LogP contribution in [0.2, 0.25) is 10.0 Å². The summed E-state index contributed by atoms with van der Waals surface area (Å²) in [5, 5.41) is 1.27. The zero-order chi connectivity index (χ0) is 8.27. The lowest BCUT2D eigenvalue weighted by molar-refractivity contribution is 1.16. The van der Waals surface area contributed by atoms with Gasteiger partial charge in [-0.1, -0.05) is 35.3 Å². The first-order valence-corrected chi connectivity index (χ1v) is 4.68. The molecule has 0 nitrogen and oxygen atoms in total. The fourth-order valence-corrected chi connectivity index (χ4v) is 1.52. The maximum absolute atomic E-state index is 5.91. The minimum Gasteiger partial charge on any atom is -0.179 e. The van der Waals surface area contributed by atoms with Crippen LogP contribution in [-0.4, -0.2) is 5.75 Å². The number of benzene rings is 1. The van der Waals surface area contributed by atoms with Gasteiger partial charge in [0, 0.05) is 0 Å². The molecule has 1 aromatic carbocycles. The van der Waals surface area contributed by atoms with E-state index in [2.05, 4.69) is 12.6 Å². The molecule has 3 heteroatoms. The van der Waals surface area contributed by atoms with E-state index in [9.17, 15) is 0 Å². The van der Waals surface area contributed by atoms with Gasteiger partial charge in [0.05, 0.1) is 10.0 Å². The van der Waals surface area contributed by atoms with Gasteiger partial charge >= 0.3 is 0 Å². The highest BCUT2D eigenvalue weighted by Crippen LogP contribution is 2.25. The van der Waals surface area contributed by atoms with E-state index in [4.69, 9.17) is 23.2 Å². The highest BCUT2D eigenvalue weighted by atomic mass is 35.5. The molecule has 0 heterocycles. The van der Waals surface area contributed by atoms with E-state index in [-0.39, 0.29) is 0 Å². The molecule has 1 rings (SSSR count). The van der Waals surface area contributed by atoms with Crippen molar-refractivity contribution < 1.29 is 0 Å². The predicted molar refractivity (Wildman–Crippen MR) is 54.0 cm³/mol.